The second-order valence-electron chi connectivity index (χ2n) is 6.42. The quantitative estimate of drug-likeness (QED) is 0.728. The summed E-state index contributed by atoms with van der Waals surface area (Å²) in [5.41, 5.74) is 0.950. The van der Waals surface area contributed by atoms with Gasteiger partial charge in [0.2, 0.25) is 5.91 Å². The number of ether oxygens (including phenoxy) is 1. The molecule has 2 fully saturated rings. The number of carbonyl (C=O) groups is 3. The number of carboxylic acids is 1. The third-order valence-corrected chi connectivity index (χ3v) is 4.59. The number of piperidine rings is 2. The molecule has 2 aliphatic heterocycles. The molecule has 0 saturated carbocycles. The summed E-state index contributed by atoms with van der Waals surface area (Å²) in [5, 5.41) is 11.1. The zero-order valence-electron chi connectivity index (χ0n) is 14.2. The Labute approximate surface area is 157 Å². The van der Waals surface area contributed by atoms with E-state index in [1.807, 2.05) is 11.0 Å². The van der Waals surface area contributed by atoms with Gasteiger partial charge in [0.15, 0.2) is 6.10 Å². The molecule has 2 aliphatic rings. The predicted octanol–water partition coefficient (Wildman–Crippen LogP) is 0.951. The highest BCUT2D eigenvalue weighted by molar-refractivity contribution is 5.99. The number of halogens is 1. The van der Waals surface area contributed by atoms with Crippen molar-refractivity contribution in [3.05, 3.63) is 24.0 Å². The maximum atomic E-state index is 11.7. The number of carbonyl (C=O) groups excluding carboxylic acids is 2. The van der Waals surface area contributed by atoms with Gasteiger partial charge < -0.3 is 9.84 Å². The molecule has 142 valence electrons. The first-order valence-electron chi connectivity index (χ1n) is 8.41. The molecule has 26 heavy (non-hydrogen) atoms. The van der Waals surface area contributed by atoms with Crippen molar-refractivity contribution in [2.75, 3.05) is 19.6 Å². The molecule has 0 bridgehead atoms. The Morgan fingerprint density at radius 2 is 2.00 bits per heavy atom. The highest BCUT2D eigenvalue weighted by Gasteiger charge is 2.28. The predicted molar refractivity (Wildman–Crippen MR) is 94.3 cm³/mol. The van der Waals surface area contributed by atoms with Crippen LogP contribution in [0, 0.1) is 0 Å². The molecule has 3 heterocycles. The molecule has 3 rings (SSSR count). The zero-order valence-corrected chi connectivity index (χ0v) is 15.0. The van der Waals surface area contributed by atoms with Gasteiger partial charge in [-0.2, -0.15) is 0 Å². The molecule has 0 aliphatic carbocycles. The molecule has 2 N–H and O–H groups in total. The Morgan fingerprint density at radius 3 is 2.58 bits per heavy atom. The van der Waals surface area contributed by atoms with Crippen molar-refractivity contribution in [3.8, 4) is 5.75 Å². The summed E-state index contributed by atoms with van der Waals surface area (Å²) in [4.78, 5) is 40.0. The number of pyridine rings is 1. The van der Waals surface area contributed by atoms with Crippen molar-refractivity contribution < 1.29 is 24.2 Å². The third-order valence-electron chi connectivity index (χ3n) is 4.59. The molecular weight excluding hydrogens is 362 g/mol. The van der Waals surface area contributed by atoms with Crippen LogP contribution in [0.5, 0.6) is 5.75 Å². The Hall–Kier alpha value is -2.19. The third kappa shape index (κ3) is 5.15. The first-order chi connectivity index (χ1) is 12.0. The van der Waals surface area contributed by atoms with Crippen molar-refractivity contribution in [1.29, 1.82) is 0 Å². The van der Waals surface area contributed by atoms with Gasteiger partial charge in [0.1, 0.15) is 5.75 Å². The van der Waals surface area contributed by atoms with Gasteiger partial charge in [-0.1, -0.05) is 0 Å². The summed E-state index contributed by atoms with van der Waals surface area (Å²) in [6, 6.07) is 3.68. The number of carboxylic acid groups (broad SMARTS) is 1. The summed E-state index contributed by atoms with van der Waals surface area (Å²) < 4.78 is 5.62. The van der Waals surface area contributed by atoms with E-state index in [0.29, 0.717) is 18.1 Å². The topological polar surface area (TPSA) is 109 Å². The SMILES string of the molecule is Cl.O=C(O)CN1CCC(c2ccc(OC3CCC(=O)NC3=O)cn2)CC1. The van der Waals surface area contributed by atoms with Crippen LogP contribution in [-0.2, 0) is 14.4 Å². The number of likely N-dealkylation sites (tertiary alicyclic amines) is 1. The maximum Gasteiger partial charge on any atom is 0.317 e. The van der Waals surface area contributed by atoms with E-state index < -0.39 is 18.0 Å². The van der Waals surface area contributed by atoms with Gasteiger partial charge in [-0.3, -0.25) is 29.6 Å². The Kier molecular flexibility index (Phi) is 6.93. The van der Waals surface area contributed by atoms with Crippen LogP contribution < -0.4 is 10.1 Å². The molecule has 8 nitrogen and oxygen atoms in total. The number of aliphatic carboxylic acids is 1. The fourth-order valence-electron chi connectivity index (χ4n) is 3.23. The monoisotopic (exact) mass is 383 g/mol. The Balaban J connectivity index is 0.00000243. The summed E-state index contributed by atoms with van der Waals surface area (Å²) in [7, 11) is 0. The van der Waals surface area contributed by atoms with E-state index >= 15 is 0 Å². The van der Waals surface area contributed by atoms with Crippen molar-refractivity contribution in [1.82, 2.24) is 15.2 Å². The minimum absolute atomic E-state index is 0. The lowest BCUT2D eigenvalue weighted by molar-refractivity contribution is -0.139. The van der Waals surface area contributed by atoms with Crippen LogP contribution in [0.25, 0.3) is 0 Å². The van der Waals surface area contributed by atoms with Crippen molar-refractivity contribution in [3.63, 3.8) is 0 Å². The number of amides is 2. The van der Waals surface area contributed by atoms with E-state index in [4.69, 9.17) is 9.84 Å². The Morgan fingerprint density at radius 1 is 1.27 bits per heavy atom. The van der Waals surface area contributed by atoms with Crippen LogP contribution in [0.15, 0.2) is 18.3 Å². The van der Waals surface area contributed by atoms with E-state index in [1.165, 1.54) is 0 Å². The number of aromatic nitrogens is 1. The molecule has 9 heteroatoms. The number of nitrogens with zero attached hydrogens (tertiary/aromatic N) is 2. The summed E-state index contributed by atoms with van der Waals surface area (Å²) in [5.74, 6) is -0.679. The molecule has 0 spiro atoms. The molecule has 2 saturated heterocycles. The van der Waals surface area contributed by atoms with E-state index in [1.54, 1.807) is 12.3 Å². The highest BCUT2D eigenvalue weighted by Crippen LogP contribution is 2.27. The lowest BCUT2D eigenvalue weighted by Gasteiger charge is -2.30. The van der Waals surface area contributed by atoms with Crippen LogP contribution in [-0.4, -0.2) is 58.5 Å². The van der Waals surface area contributed by atoms with Crippen LogP contribution in [0.3, 0.4) is 0 Å². The van der Waals surface area contributed by atoms with E-state index in [-0.39, 0.29) is 31.3 Å². The maximum absolute atomic E-state index is 11.7. The van der Waals surface area contributed by atoms with E-state index in [0.717, 1.165) is 31.6 Å². The minimum atomic E-state index is -0.800. The first kappa shape index (κ1) is 20.1. The van der Waals surface area contributed by atoms with Gasteiger partial charge in [0, 0.05) is 24.5 Å². The number of hydrogen-bond acceptors (Lipinski definition) is 6. The molecule has 0 radical (unpaired) electrons. The first-order valence-corrected chi connectivity index (χ1v) is 8.41. The van der Waals surface area contributed by atoms with Gasteiger partial charge in [-0.15, -0.1) is 12.4 Å². The van der Waals surface area contributed by atoms with Gasteiger partial charge in [0.05, 0.1) is 12.7 Å². The molecule has 2 amide bonds. The van der Waals surface area contributed by atoms with Crippen LogP contribution in [0.2, 0.25) is 0 Å². The lowest BCUT2D eigenvalue weighted by Crippen LogP contribution is -2.46. The fraction of sp³-hybridized carbons (Fsp3) is 0.529. The van der Waals surface area contributed by atoms with Gasteiger partial charge in [-0.05, 0) is 38.1 Å². The second kappa shape index (κ2) is 8.95. The smallest absolute Gasteiger partial charge is 0.317 e. The van der Waals surface area contributed by atoms with Crippen molar-refractivity contribution >= 4 is 30.2 Å². The van der Waals surface area contributed by atoms with Gasteiger partial charge >= 0.3 is 5.97 Å². The minimum Gasteiger partial charge on any atom is -0.480 e. The average Bonchev–Trinajstić information content (AvgIpc) is 2.58. The zero-order chi connectivity index (χ0) is 17.8. The molecule has 1 aromatic rings. The molecule has 1 unspecified atom stereocenters. The van der Waals surface area contributed by atoms with Crippen LogP contribution in [0.4, 0.5) is 0 Å². The van der Waals surface area contributed by atoms with Gasteiger partial charge in [0.25, 0.3) is 5.91 Å². The summed E-state index contributed by atoms with van der Waals surface area (Å²) in [6.45, 7) is 1.57. The number of imide groups is 1. The summed E-state index contributed by atoms with van der Waals surface area (Å²) >= 11 is 0. The molecule has 1 aromatic heterocycles. The Bertz CT molecular complexity index is 659. The van der Waals surface area contributed by atoms with Crippen LogP contribution >= 0.6 is 12.4 Å². The second-order valence-corrected chi connectivity index (χ2v) is 6.42. The van der Waals surface area contributed by atoms with E-state index in [9.17, 15) is 14.4 Å². The van der Waals surface area contributed by atoms with Crippen LogP contribution in [0.1, 0.15) is 37.3 Å². The van der Waals surface area contributed by atoms with Crippen molar-refractivity contribution in [2.45, 2.75) is 37.7 Å². The number of rotatable bonds is 5. The molecular formula is C17H22ClN3O5. The normalized spacial score (nSPS) is 21.6. The summed E-state index contributed by atoms with van der Waals surface area (Å²) in [6.07, 6.45) is 3.32. The number of hydrogen-bond donors (Lipinski definition) is 2. The largest absolute Gasteiger partial charge is 0.480 e. The lowest BCUT2D eigenvalue weighted by atomic mass is 9.93. The molecule has 0 aromatic carbocycles. The molecule has 1 atom stereocenters. The highest BCUT2D eigenvalue weighted by atomic mass is 35.5. The van der Waals surface area contributed by atoms with E-state index in [2.05, 4.69) is 10.3 Å². The van der Waals surface area contributed by atoms with Crippen molar-refractivity contribution in [2.24, 2.45) is 0 Å². The standard InChI is InChI=1S/C17H21N3O5.ClH/c21-15-4-3-14(17(24)19-15)25-12-1-2-13(18-9-12)11-5-7-20(8-6-11)10-16(22)23;/h1-2,9,11,14H,3-8,10H2,(H,22,23)(H,19,21,24);1H. The fourth-order valence-corrected chi connectivity index (χ4v) is 3.23. The van der Waals surface area contributed by atoms with Gasteiger partial charge in [-0.25, -0.2) is 0 Å². The number of nitrogens with one attached hydrogen (secondary N) is 1. The average molecular weight is 384 g/mol.